The summed E-state index contributed by atoms with van der Waals surface area (Å²) in [6, 6.07) is 0. The van der Waals surface area contributed by atoms with E-state index >= 15 is 0 Å². The number of hydrazine groups is 1. The molecule has 0 saturated carbocycles. The Hall–Kier alpha value is -0.720. The molecule has 0 bridgehead atoms. The summed E-state index contributed by atoms with van der Waals surface area (Å²) in [6.45, 7) is 1.26. The van der Waals surface area contributed by atoms with Gasteiger partial charge in [0.1, 0.15) is 0 Å². The summed E-state index contributed by atoms with van der Waals surface area (Å²) < 4.78 is 0. The van der Waals surface area contributed by atoms with Gasteiger partial charge in [-0.15, -0.1) is 4.91 Å². The molecule has 0 rings (SSSR count). The van der Waals surface area contributed by atoms with Crippen LogP contribution in [0.4, 0.5) is 0 Å². The summed E-state index contributed by atoms with van der Waals surface area (Å²) >= 11 is 0. The molecular weight excluding hydrogens is 136 g/mol. The Morgan fingerprint density at radius 2 is 2.30 bits per heavy atom. The molecule has 0 atom stereocenters. The molecule has 60 valence electrons. The predicted octanol–water partition coefficient (Wildman–Crippen LogP) is -1.05. The first-order valence-electron chi connectivity index (χ1n) is 3.03. The van der Waals surface area contributed by atoms with E-state index in [0.717, 1.165) is 13.0 Å². The molecule has 0 saturated heterocycles. The maximum Gasteiger partial charge on any atom is 0.0752 e. The van der Waals surface area contributed by atoms with Crippen molar-refractivity contribution in [1.29, 1.82) is 0 Å². The van der Waals surface area contributed by atoms with Crippen molar-refractivity contribution in [3.05, 3.63) is 10.1 Å². The van der Waals surface area contributed by atoms with Gasteiger partial charge in [-0.2, -0.15) is 0 Å². The Balaban J connectivity index is 3.40. The highest BCUT2D eigenvalue weighted by Gasteiger charge is 1.97. The van der Waals surface area contributed by atoms with Crippen LogP contribution in [0.25, 0.3) is 0 Å². The van der Waals surface area contributed by atoms with E-state index in [1.165, 1.54) is 12.1 Å². The molecule has 0 heterocycles. The summed E-state index contributed by atoms with van der Waals surface area (Å²) in [5.41, 5.74) is 3.59. The van der Waals surface area contributed by atoms with Gasteiger partial charge >= 0.3 is 0 Å². The van der Waals surface area contributed by atoms with Gasteiger partial charge in [0.2, 0.25) is 0 Å². The standard InChI is InChI=1S/C4H11N4O2/c1-7(4-2-3-5)8(10)6-9/h2-5H2,1H3/q-1/p+1. The Bertz CT molecular complexity index is 99.3. The van der Waals surface area contributed by atoms with Gasteiger partial charge < -0.3 is 10.9 Å². The van der Waals surface area contributed by atoms with Gasteiger partial charge in [-0.05, 0) is 0 Å². The minimum Gasteiger partial charge on any atom is -0.724 e. The summed E-state index contributed by atoms with van der Waals surface area (Å²) in [4.78, 5) is 9.62. The monoisotopic (exact) mass is 148 g/mol. The molecule has 0 amide bonds. The highest BCUT2D eigenvalue weighted by Crippen LogP contribution is 1.92. The molecule has 0 spiro atoms. The van der Waals surface area contributed by atoms with E-state index in [1.54, 1.807) is 0 Å². The lowest BCUT2D eigenvalue weighted by Crippen LogP contribution is -2.51. The molecule has 3 N–H and O–H groups in total. The van der Waals surface area contributed by atoms with Crippen LogP contribution in [0.3, 0.4) is 0 Å². The fraction of sp³-hybridized carbons (Fsp3) is 1.00. The highest BCUT2D eigenvalue weighted by atomic mass is 16.6. The third-order valence-electron chi connectivity index (χ3n) is 1.09. The second-order valence-corrected chi connectivity index (χ2v) is 1.92. The van der Waals surface area contributed by atoms with E-state index in [0.29, 0.717) is 6.54 Å². The van der Waals surface area contributed by atoms with E-state index in [-0.39, 0.29) is 5.28 Å². The fourth-order valence-electron chi connectivity index (χ4n) is 0.489. The van der Waals surface area contributed by atoms with Gasteiger partial charge in [-0.25, -0.2) is 5.01 Å². The summed E-state index contributed by atoms with van der Waals surface area (Å²) in [7, 11) is 1.50. The van der Waals surface area contributed by atoms with Crippen molar-refractivity contribution in [2.45, 2.75) is 6.42 Å². The number of hydrogen-bond acceptors (Lipinski definition) is 4. The zero-order chi connectivity index (χ0) is 7.98. The van der Waals surface area contributed by atoms with E-state index < -0.39 is 0 Å². The fourth-order valence-corrected chi connectivity index (χ4v) is 0.489. The molecule has 10 heavy (non-hydrogen) atoms. The zero-order valence-electron chi connectivity index (χ0n) is 5.99. The van der Waals surface area contributed by atoms with Crippen LogP contribution in [0.5, 0.6) is 0 Å². The van der Waals surface area contributed by atoms with Crippen molar-refractivity contribution in [1.82, 2.24) is 10.3 Å². The van der Waals surface area contributed by atoms with Crippen LogP contribution in [-0.4, -0.2) is 30.4 Å². The van der Waals surface area contributed by atoms with Gasteiger partial charge in [-0.3, -0.25) is 5.28 Å². The smallest absolute Gasteiger partial charge is 0.0752 e. The average Bonchev–Trinajstić information content (AvgIpc) is 1.98. The molecule has 0 aromatic heterocycles. The first kappa shape index (κ1) is 9.28. The van der Waals surface area contributed by atoms with Crippen molar-refractivity contribution in [3.8, 4) is 0 Å². The van der Waals surface area contributed by atoms with Crippen molar-refractivity contribution < 1.29 is 5.73 Å². The average molecular weight is 148 g/mol. The number of hydrogen-bond donors (Lipinski definition) is 1. The molecule has 6 nitrogen and oxygen atoms in total. The maximum atomic E-state index is 10.4. The number of nitrogens with zero attached hydrogens (tertiary/aromatic N) is 3. The molecule has 0 fully saturated rings. The Morgan fingerprint density at radius 1 is 1.70 bits per heavy atom. The Labute approximate surface area is 59.1 Å². The minimum absolute atomic E-state index is 0.0235. The lowest BCUT2D eigenvalue weighted by Gasteiger charge is -2.29. The molecule has 0 aliphatic carbocycles. The summed E-state index contributed by atoms with van der Waals surface area (Å²) in [6.07, 6.45) is 0.783. The lowest BCUT2D eigenvalue weighted by molar-refractivity contribution is -0.369. The first-order valence-corrected chi connectivity index (χ1v) is 3.03. The van der Waals surface area contributed by atoms with Gasteiger partial charge in [0.25, 0.3) is 0 Å². The third kappa shape index (κ3) is 3.33. The minimum atomic E-state index is 0.0235. The van der Waals surface area contributed by atoms with E-state index in [9.17, 15) is 10.1 Å². The molecule has 0 aromatic rings. The first-order chi connectivity index (χ1) is 4.72. The van der Waals surface area contributed by atoms with Crippen LogP contribution in [0.1, 0.15) is 6.42 Å². The summed E-state index contributed by atoms with van der Waals surface area (Å²) in [5.74, 6) is 0. The normalized spacial score (nSPS) is 10.0. The van der Waals surface area contributed by atoms with E-state index in [1.807, 2.05) is 0 Å². The van der Waals surface area contributed by atoms with Crippen molar-refractivity contribution >= 4 is 0 Å². The van der Waals surface area contributed by atoms with Crippen molar-refractivity contribution in [3.63, 3.8) is 0 Å². The Morgan fingerprint density at radius 3 is 2.70 bits per heavy atom. The van der Waals surface area contributed by atoms with Gasteiger partial charge in [0.15, 0.2) is 0 Å². The molecule has 0 aliphatic rings. The molecule has 0 unspecified atom stereocenters. The third-order valence-corrected chi connectivity index (χ3v) is 1.09. The SMILES string of the molecule is CN(CCC[NH3+])N([O-])N=O. The van der Waals surface area contributed by atoms with Crippen molar-refractivity contribution in [2.75, 3.05) is 20.1 Å². The zero-order valence-corrected chi connectivity index (χ0v) is 5.99. The van der Waals surface area contributed by atoms with Crippen LogP contribution in [-0.2, 0) is 0 Å². The van der Waals surface area contributed by atoms with Crippen LogP contribution < -0.4 is 5.73 Å². The largest absolute Gasteiger partial charge is 0.724 e. The topological polar surface area (TPSA) is 86.6 Å². The molecule has 0 aromatic carbocycles. The van der Waals surface area contributed by atoms with Crippen LogP contribution in [0.15, 0.2) is 5.29 Å². The van der Waals surface area contributed by atoms with E-state index in [4.69, 9.17) is 0 Å². The van der Waals surface area contributed by atoms with Gasteiger partial charge in [0, 0.05) is 20.0 Å². The van der Waals surface area contributed by atoms with Crippen LogP contribution >= 0.6 is 0 Å². The van der Waals surface area contributed by atoms with Gasteiger partial charge in [0.05, 0.1) is 11.8 Å². The second kappa shape index (κ2) is 5.10. The number of nitroso groups, excluding NO2 is 1. The molecular formula is C4H12N4O2. The van der Waals surface area contributed by atoms with E-state index in [2.05, 4.69) is 11.0 Å². The van der Waals surface area contributed by atoms with Gasteiger partial charge in [-0.1, -0.05) is 0 Å². The predicted molar refractivity (Wildman–Crippen MR) is 36.0 cm³/mol. The number of quaternary nitrogens is 1. The molecule has 6 heteroatoms. The van der Waals surface area contributed by atoms with Crippen LogP contribution in [0.2, 0.25) is 0 Å². The molecule has 0 aliphatic heterocycles. The van der Waals surface area contributed by atoms with Crippen molar-refractivity contribution in [2.24, 2.45) is 5.29 Å². The lowest BCUT2D eigenvalue weighted by atomic mass is 10.4. The summed E-state index contributed by atoms with van der Waals surface area (Å²) in [5, 5.41) is 13.8. The molecule has 0 radical (unpaired) electrons. The quantitative estimate of drug-likeness (QED) is 0.398. The Kier molecular flexibility index (Phi) is 4.73. The second-order valence-electron chi connectivity index (χ2n) is 1.92. The number of rotatable bonds is 5. The maximum absolute atomic E-state index is 10.4. The van der Waals surface area contributed by atoms with Crippen LogP contribution in [0, 0.1) is 10.1 Å². The highest BCUT2D eigenvalue weighted by molar-refractivity contribution is 4.46.